The van der Waals surface area contributed by atoms with Crippen LogP contribution in [-0.4, -0.2) is 30.0 Å². The highest BCUT2D eigenvalue weighted by molar-refractivity contribution is 5.65. The molecule has 1 saturated heterocycles. The number of amides is 1. The molecule has 2 fully saturated rings. The van der Waals surface area contributed by atoms with Crippen LogP contribution in [0.5, 0.6) is 0 Å². The smallest absolute Gasteiger partial charge is 0.404 e. The maximum atomic E-state index is 11.1. The van der Waals surface area contributed by atoms with Crippen molar-refractivity contribution in [1.82, 2.24) is 5.32 Å². The number of ether oxygens (including phenoxy) is 1. The largest absolute Gasteiger partial charge is 0.465 e. The van der Waals surface area contributed by atoms with Gasteiger partial charge < -0.3 is 15.2 Å². The van der Waals surface area contributed by atoms with Crippen molar-refractivity contribution >= 4 is 6.09 Å². The number of carbonyl (C=O) groups is 1. The number of epoxide rings is 1. The average Bonchev–Trinajstić information content (AvgIpc) is 3.10. The molecule has 0 aromatic carbocycles. The SMILES string of the molecule is CC(C)(C)[C@H](C1CCCCC1)C(NC(=O)O)[C@H]1CO1. The zero-order valence-electron chi connectivity index (χ0n) is 12.3. The lowest BCUT2D eigenvalue weighted by Crippen LogP contribution is -2.51. The predicted molar refractivity (Wildman–Crippen MR) is 74.2 cm³/mol. The molecule has 1 amide bonds. The van der Waals surface area contributed by atoms with E-state index in [1.165, 1.54) is 32.1 Å². The van der Waals surface area contributed by atoms with Crippen molar-refractivity contribution < 1.29 is 14.6 Å². The van der Waals surface area contributed by atoms with Crippen molar-refractivity contribution in [3.8, 4) is 0 Å². The second-order valence-corrected chi connectivity index (χ2v) is 7.14. The van der Waals surface area contributed by atoms with E-state index in [1.807, 2.05) is 0 Å². The molecular weight excluding hydrogens is 242 g/mol. The lowest BCUT2D eigenvalue weighted by atomic mass is 9.64. The normalized spacial score (nSPS) is 27.6. The summed E-state index contributed by atoms with van der Waals surface area (Å²) in [5.74, 6) is 0.978. The summed E-state index contributed by atoms with van der Waals surface area (Å²) in [4.78, 5) is 11.1. The fourth-order valence-corrected chi connectivity index (χ4v) is 3.85. The Morgan fingerprint density at radius 1 is 1.26 bits per heavy atom. The van der Waals surface area contributed by atoms with Gasteiger partial charge in [0.2, 0.25) is 0 Å². The Morgan fingerprint density at radius 3 is 2.26 bits per heavy atom. The van der Waals surface area contributed by atoms with E-state index in [2.05, 4.69) is 26.1 Å². The van der Waals surface area contributed by atoms with Gasteiger partial charge in [-0.05, 0) is 17.3 Å². The molecule has 2 rings (SSSR count). The van der Waals surface area contributed by atoms with Gasteiger partial charge in [0.15, 0.2) is 0 Å². The molecule has 1 aliphatic carbocycles. The summed E-state index contributed by atoms with van der Waals surface area (Å²) >= 11 is 0. The Bertz CT molecular complexity index is 314. The molecule has 0 radical (unpaired) electrons. The Morgan fingerprint density at radius 2 is 1.84 bits per heavy atom. The maximum Gasteiger partial charge on any atom is 0.404 e. The van der Waals surface area contributed by atoms with E-state index in [0.717, 1.165) is 0 Å². The molecule has 1 aliphatic heterocycles. The van der Waals surface area contributed by atoms with Gasteiger partial charge in [-0.3, -0.25) is 0 Å². The third kappa shape index (κ3) is 3.85. The van der Waals surface area contributed by atoms with Crippen LogP contribution < -0.4 is 5.32 Å². The molecule has 0 aromatic rings. The molecule has 2 aliphatic rings. The molecule has 4 heteroatoms. The van der Waals surface area contributed by atoms with Gasteiger partial charge in [0, 0.05) is 0 Å². The van der Waals surface area contributed by atoms with Crippen LogP contribution in [0.15, 0.2) is 0 Å². The third-order valence-corrected chi connectivity index (χ3v) is 4.59. The van der Waals surface area contributed by atoms with Crippen LogP contribution in [0, 0.1) is 17.3 Å². The van der Waals surface area contributed by atoms with Crippen LogP contribution in [0.1, 0.15) is 52.9 Å². The maximum absolute atomic E-state index is 11.1. The van der Waals surface area contributed by atoms with E-state index in [0.29, 0.717) is 18.4 Å². The van der Waals surface area contributed by atoms with Gasteiger partial charge in [0.25, 0.3) is 0 Å². The van der Waals surface area contributed by atoms with E-state index in [-0.39, 0.29) is 17.6 Å². The second kappa shape index (κ2) is 5.70. The minimum Gasteiger partial charge on any atom is -0.465 e. The molecule has 4 nitrogen and oxygen atoms in total. The molecule has 0 bridgehead atoms. The van der Waals surface area contributed by atoms with Gasteiger partial charge in [-0.25, -0.2) is 4.79 Å². The van der Waals surface area contributed by atoms with Gasteiger partial charge in [-0.15, -0.1) is 0 Å². The summed E-state index contributed by atoms with van der Waals surface area (Å²) in [7, 11) is 0. The number of hydrogen-bond donors (Lipinski definition) is 2. The molecule has 19 heavy (non-hydrogen) atoms. The molecule has 1 unspecified atom stereocenters. The zero-order chi connectivity index (χ0) is 14.0. The minimum absolute atomic E-state index is 0.0550. The third-order valence-electron chi connectivity index (χ3n) is 4.59. The number of carboxylic acid groups (broad SMARTS) is 1. The Hall–Kier alpha value is -0.770. The monoisotopic (exact) mass is 269 g/mol. The second-order valence-electron chi connectivity index (χ2n) is 7.14. The molecule has 110 valence electrons. The van der Waals surface area contributed by atoms with Crippen molar-refractivity contribution in [2.45, 2.75) is 65.0 Å². The predicted octanol–water partition coefficient (Wildman–Crippen LogP) is 3.26. The van der Waals surface area contributed by atoms with Gasteiger partial charge in [0.1, 0.15) is 6.10 Å². The van der Waals surface area contributed by atoms with E-state index >= 15 is 0 Å². The highest BCUT2D eigenvalue weighted by atomic mass is 16.6. The van der Waals surface area contributed by atoms with Crippen molar-refractivity contribution in [3.05, 3.63) is 0 Å². The molecule has 3 atom stereocenters. The first-order valence-corrected chi connectivity index (χ1v) is 7.50. The molecule has 0 aromatic heterocycles. The van der Waals surface area contributed by atoms with E-state index < -0.39 is 6.09 Å². The topological polar surface area (TPSA) is 61.9 Å². The Labute approximate surface area is 115 Å². The summed E-state index contributed by atoms with van der Waals surface area (Å²) in [5, 5.41) is 11.8. The quantitative estimate of drug-likeness (QED) is 0.770. The Kier molecular flexibility index (Phi) is 4.39. The molecule has 0 spiro atoms. The fraction of sp³-hybridized carbons (Fsp3) is 0.933. The highest BCUT2D eigenvalue weighted by Gasteiger charge is 2.46. The first kappa shape index (κ1) is 14.6. The summed E-state index contributed by atoms with van der Waals surface area (Å²) in [6, 6.07) is -0.0550. The standard InChI is InChI=1S/C15H27NO3/c1-15(2,3)12(10-7-5-4-6-8-10)13(11-9-19-11)16-14(17)18/h10-13,16H,4-9H2,1-3H3,(H,17,18)/t11-,12-,13?/m1/s1. The minimum atomic E-state index is -0.925. The lowest BCUT2D eigenvalue weighted by molar-refractivity contribution is 0.0698. The van der Waals surface area contributed by atoms with Crippen molar-refractivity contribution in [2.24, 2.45) is 17.3 Å². The van der Waals surface area contributed by atoms with E-state index in [9.17, 15) is 4.79 Å². The zero-order valence-corrected chi connectivity index (χ0v) is 12.3. The van der Waals surface area contributed by atoms with Crippen LogP contribution in [0.2, 0.25) is 0 Å². The van der Waals surface area contributed by atoms with Crippen LogP contribution in [0.4, 0.5) is 4.79 Å². The van der Waals surface area contributed by atoms with Gasteiger partial charge >= 0.3 is 6.09 Å². The molecule has 2 N–H and O–H groups in total. The van der Waals surface area contributed by atoms with E-state index in [1.54, 1.807) is 0 Å². The molecule has 1 saturated carbocycles. The number of hydrogen-bond acceptors (Lipinski definition) is 2. The number of rotatable bonds is 4. The van der Waals surface area contributed by atoms with Crippen LogP contribution >= 0.6 is 0 Å². The summed E-state index contributed by atoms with van der Waals surface area (Å²) in [6.45, 7) is 7.38. The lowest BCUT2D eigenvalue weighted by Gasteiger charge is -2.43. The van der Waals surface area contributed by atoms with Gasteiger partial charge in [-0.2, -0.15) is 0 Å². The molecule has 1 heterocycles. The first-order chi connectivity index (χ1) is 8.89. The molecular formula is C15H27NO3. The Balaban J connectivity index is 2.16. The summed E-state index contributed by atoms with van der Waals surface area (Å²) in [5.41, 5.74) is 0.0983. The first-order valence-electron chi connectivity index (χ1n) is 7.50. The van der Waals surface area contributed by atoms with Crippen LogP contribution in [-0.2, 0) is 4.74 Å². The van der Waals surface area contributed by atoms with Crippen molar-refractivity contribution in [2.75, 3.05) is 6.61 Å². The van der Waals surface area contributed by atoms with E-state index in [4.69, 9.17) is 9.84 Å². The van der Waals surface area contributed by atoms with Crippen molar-refractivity contribution in [1.29, 1.82) is 0 Å². The van der Waals surface area contributed by atoms with Crippen molar-refractivity contribution in [3.63, 3.8) is 0 Å². The summed E-state index contributed by atoms with van der Waals surface area (Å²) < 4.78 is 5.41. The highest BCUT2D eigenvalue weighted by Crippen LogP contribution is 2.44. The van der Waals surface area contributed by atoms with Crippen LogP contribution in [0.25, 0.3) is 0 Å². The van der Waals surface area contributed by atoms with Crippen LogP contribution in [0.3, 0.4) is 0 Å². The average molecular weight is 269 g/mol. The van der Waals surface area contributed by atoms with Gasteiger partial charge in [0.05, 0.1) is 12.6 Å². The fourth-order valence-electron chi connectivity index (χ4n) is 3.85. The summed E-state index contributed by atoms with van der Waals surface area (Å²) in [6.07, 6.45) is 5.50. The van der Waals surface area contributed by atoms with Gasteiger partial charge in [-0.1, -0.05) is 52.9 Å². The number of nitrogens with one attached hydrogen (secondary N) is 1.